The quantitative estimate of drug-likeness (QED) is 0.223. The van der Waals surface area contributed by atoms with Crippen molar-refractivity contribution >= 4 is 23.2 Å². The first-order valence-electron chi connectivity index (χ1n) is 15.2. The number of benzene rings is 6. The van der Waals surface area contributed by atoms with Crippen LogP contribution >= 0.6 is 11.8 Å². The van der Waals surface area contributed by atoms with Crippen molar-refractivity contribution in [1.29, 1.82) is 0 Å². The molecule has 0 saturated heterocycles. The number of rotatable bonds is 4. The lowest BCUT2D eigenvalue weighted by Gasteiger charge is -2.35. The van der Waals surface area contributed by atoms with E-state index in [0.717, 1.165) is 28.1 Å². The molecule has 3 heteroatoms. The Morgan fingerprint density at radius 2 is 1.16 bits per heavy atom. The van der Waals surface area contributed by atoms with Crippen LogP contribution in [0.15, 0.2) is 160 Å². The minimum absolute atomic E-state index is 0.0317. The highest BCUT2D eigenvalue weighted by Crippen LogP contribution is 2.52. The number of hydrogen-bond donors (Lipinski definition) is 1. The molecule has 0 aliphatic carbocycles. The smallest absolute Gasteiger partial charge is 0.145 e. The van der Waals surface area contributed by atoms with Gasteiger partial charge in [-0.1, -0.05) is 159 Å². The van der Waals surface area contributed by atoms with E-state index in [9.17, 15) is 0 Å². The molecule has 2 heterocycles. The predicted octanol–water partition coefficient (Wildman–Crippen LogP) is 10.8. The summed E-state index contributed by atoms with van der Waals surface area (Å²) in [5, 5.41) is 3.65. The van der Waals surface area contributed by atoms with Gasteiger partial charge in [-0.3, -0.25) is 4.99 Å². The lowest BCUT2D eigenvalue weighted by molar-refractivity contribution is 0.608. The molecule has 1 unspecified atom stereocenters. The second-order valence-corrected chi connectivity index (χ2v) is 13.1. The summed E-state index contributed by atoms with van der Waals surface area (Å²) in [5.74, 6) is 0. The molecule has 6 aromatic rings. The summed E-state index contributed by atoms with van der Waals surface area (Å²) in [6.07, 6.45) is -0.146. The van der Waals surface area contributed by atoms with Crippen LogP contribution in [0.2, 0.25) is 0 Å². The van der Waals surface area contributed by atoms with Crippen molar-refractivity contribution in [3.05, 3.63) is 173 Å². The van der Waals surface area contributed by atoms with Gasteiger partial charge in [0.1, 0.15) is 6.17 Å². The minimum Gasteiger partial charge on any atom is -0.360 e. The summed E-state index contributed by atoms with van der Waals surface area (Å²) in [7, 11) is 0. The van der Waals surface area contributed by atoms with Crippen LogP contribution in [0, 0.1) is 0 Å². The van der Waals surface area contributed by atoms with Gasteiger partial charge in [-0.15, -0.1) is 0 Å². The summed E-state index contributed by atoms with van der Waals surface area (Å²) in [6.45, 7) is 4.69. The van der Waals surface area contributed by atoms with E-state index in [-0.39, 0.29) is 11.6 Å². The summed E-state index contributed by atoms with van der Waals surface area (Å²) in [5.41, 5.74) is 13.3. The van der Waals surface area contributed by atoms with Gasteiger partial charge >= 0.3 is 0 Å². The van der Waals surface area contributed by atoms with E-state index in [1.807, 2.05) is 17.8 Å². The van der Waals surface area contributed by atoms with E-state index in [0.29, 0.717) is 0 Å². The van der Waals surface area contributed by atoms with Crippen molar-refractivity contribution in [2.75, 3.05) is 5.32 Å². The van der Waals surface area contributed by atoms with E-state index in [4.69, 9.17) is 4.99 Å². The zero-order valence-electron chi connectivity index (χ0n) is 24.8. The molecule has 2 aliphatic heterocycles. The lowest BCUT2D eigenvalue weighted by atomic mass is 9.77. The highest BCUT2D eigenvalue weighted by Gasteiger charge is 2.34. The van der Waals surface area contributed by atoms with E-state index >= 15 is 0 Å². The average Bonchev–Trinajstić information content (AvgIpc) is 3.08. The molecular weight excluding hydrogens is 553 g/mol. The molecule has 2 aliphatic rings. The molecule has 0 radical (unpaired) electrons. The molecule has 0 fully saturated rings. The Labute approximate surface area is 263 Å². The summed E-state index contributed by atoms with van der Waals surface area (Å²) in [4.78, 5) is 7.89. The summed E-state index contributed by atoms with van der Waals surface area (Å²) in [6, 6.07) is 52.3. The third-order valence-electron chi connectivity index (χ3n) is 9.00. The summed E-state index contributed by atoms with van der Waals surface area (Å²) >= 11 is 1.90. The molecule has 1 atom stereocenters. The Kier molecular flexibility index (Phi) is 6.50. The second-order valence-electron chi connectivity index (χ2n) is 12.0. The topological polar surface area (TPSA) is 24.4 Å². The van der Waals surface area contributed by atoms with Gasteiger partial charge in [0.05, 0.1) is 5.71 Å². The Balaban J connectivity index is 1.08. The van der Waals surface area contributed by atoms with Crippen molar-refractivity contribution in [3.8, 4) is 22.3 Å². The molecule has 6 aromatic carbocycles. The molecule has 0 saturated carbocycles. The van der Waals surface area contributed by atoms with Gasteiger partial charge in [0.2, 0.25) is 0 Å². The van der Waals surface area contributed by atoms with Crippen LogP contribution in [-0.4, -0.2) is 5.71 Å². The van der Waals surface area contributed by atoms with Crippen molar-refractivity contribution < 1.29 is 0 Å². The van der Waals surface area contributed by atoms with Gasteiger partial charge in [-0.2, -0.15) is 0 Å². The Morgan fingerprint density at radius 1 is 0.545 bits per heavy atom. The van der Waals surface area contributed by atoms with Gasteiger partial charge in [-0.25, -0.2) is 0 Å². The van der Waals surface area contributed by atoms with E-state index in [1.165, 1.54) is 43.2 Å². The van der Waals surface area contributed by atoms with Gasteiger partial charge in [0.15, 0.2) is 0 Å². The van der Waals surface area contributed by atoms with Crippen molar-refractivity contribution in [2.24, 2.45) is 4.99 Å². The van der Waals surface area contributed by atoms with Crippen LogP contribution in [0.25, 0.3) is 22.3 Å². The fraction of sp³-hybridized carbons (Fsp3) is 0.0976. The number of nitrogens with zero attached hydrogens (tertiary/aromatic N) is 1. The van der Waals surface area contributed by atoms with Gasteiger partial charge < -0.3 is 5.32 Å². The first kappa shape index (κ1) is 26.7. The number of aliphatic imine (C=N–C) groups is 1. The monoisotopic (exact) mass is 584 g/mol. The maximum absolute atomic E-state index is 5.17. The van der Waals surface area contributed by atoms with E-state index < -0.39 is 0 Å². The Hall–Kier alpha value is -4.86. The Morgan fingerprint density at radius 3 is 1.95 bits per heavy atom. The number of para-hydroxylation sites is 1. The van der Waals surface area contributed by atoms with Gasteiger partial charge in [0, 0.05) is 32.0 Å². The van der Waals surface area contributed by atoms with Crippen molar-refractivity contribution in [2.45, 2.75) is 35.2 Å². The molecule has 8 rings (SSSR count). The molecular formula is C41H32N2S. The first-order valence-corrected chi connectivity index (χ1v) is 16.0. The zero-order chi connectivity index (χ0) is 29.7. The standard InChI is InChI=1S/C41H32N2S/c1-41(2)34-15-7-9-18-37(34)44-39-32(14-10-16-35(39)41)29-23-19-27(20-24-29)28-21-25-31(26-22-28)40-42-36-17-8-6-13-33(36)38(43-40)30-11-4-3-5-12-30/h3-26,40,42H,1-2H3. The first-order chi connectivity index (χ1) is 21.6. The highest BCUT2D eigenvalue weighted by molar-refractivity contribution is 7.99. The maximum atomic E-state index is 5.17. The lowest BCUT2D eigenvalue weighted by Crippen LogP contribution is -2.23. The predicted molar refractivity (Wildman–Crippen MR) is 185 cm³/mol. The molecule has 2 nitrogen and oxygen atoms in total. The van der Waals surface area contributed by atoms with Crippen LogP contribution in [0.1, 0.15) is 47.8 Å². The third kappa shape index (κ3) is 4.56. The van der Waals surface area contributed by atoms with E-state index in [1.54, 1.807) is 0 Å². The average molecular weight is 585 g/mol. The highest BCUT2D eigenvalue weighted by atomic mass is 32.2. The van der Waals surface area contributed by atoms with E-state index in [2.05, 4.69) is 159 Å². The van der Waals surface area contributed by atoms with Crippen molar-refractivity contribution in [3.63, 3.8) is 0 Å². The molecule has 44 heavy (non-hydrogen) atoms. The molecule has 1 N–H and O–H groups in total. The van der Waals surface area contributed by atoms with Crippen LogP contribution in [0.5, 0.6) is 0 Å². The number of anilines is 1. The number of fused-ring (bicyclic) bond motifs is 3. The minimum atomic E-state index is -0.146. The largest absolute Gasteiger partial charge is 0.360 e. The fourth-order valence-corrected chi connectivity index (χ4v) is 8.10. The van der Waals surface area contributed by atoms with Crippen molar-refractivity contribution in [1.82, 2.24) is 0 Å². The summed E-state index contributed by atoms with van der Waals surface area (Å²) < 4.78 is 0. The van der Waals surface area contributed by atoms with Gasteiger partial charge in [-0.05, 0) is 51.1 Å². The molecule has 0 spiro atoms. The zero-order valence-corrected chi connectivity index (χ0v) is 25.6. The SMILES string of the molecule is CC1(C)c2ccccc2Sc2c(-c3ccc(-c4ccc(C5N=C(c6ccccc6)c6ccccc6N5)cc4)cc3)cccc21. The van der Waals surface area contributed by atoms with Crippen LogP contribution in [-0.2, 0) is 5.41 Å². The van der Waals surface area contributed by atoms with Crippen LogP contribution in [0.4, 0.5) is 5.69 Å². The van der Waals surface area contributed by atoms with Crippen LogP contribution < -0.4 is 5.32 Å². The Bertz CT molecular complexity index is 2020. The molecule has 0 bridgehead atoms. The molecule has 0 aromatic heterocycles. The molecule has 212 valence electrons. The number of hydrogen-bond acceptors (Lipinski definition) is 3. The fourth-order valence-electron chi connectivity index (χ4n) is 6.57. The molecule has 0 amide bonds. The van der Waals surface area contributed by atoms with Crippen LogP contribution in [0.3, 0.4) is 0 Å². The third-order valence-corrected chi connectivity index (χ3v) is 10.2. The normalized spacial score (nSPS) is 16.1. The maximum Gasteiger partial charge on any atom is 0.145 e. The second kappa shape index (κ2) is 10.7. The van der Waals surface area contributed by atoms with Gasteiger partial charge in [0.25, 0.3) is 0 Å². The number of nitrogens with one attached hydrogen (secondary N) is 1.